The van der Waals surface area contributed by atoms with Crippen LogP contribution in [0.2, 0.25) is 10.0 Å². The number of Topliss-reactive ketones (excluding diaryl/α,β-unsaturated/α-hetero) is 1. The number of carbonyl (C=O) groups is 4. The van der Waals surface area contributed by atoms with Crippen LogP contribution in [-0.2, 0) is 23.9 Å². The predicted molar refractivity (Wildman–Crippen MR) is 155 cm³/mol. The maximum atomic E-state index is 13.5. The van der Waals surface area contributed by atoms with Crippen LogP contribution in [0.3, 0.4) is 0 Å². The van der Waals surface area contributed by atoms with Gasteiger partial charge in [-0.25, -0.2) is 4.79 Å². The number of nitrogens with zero attached hydrogens (tertiary/aromatic N) is 3. The Morgan fingerprint density at radius 3 is 2.10 bits per heavy atom. The molecule has 0 radical (unpaired) electrons. The monoisotopic (exact) mass is 599 g/mol. The van der Waals surface area contributed by atoms with Crippen molar-refractivity contribution in [3.8, 4) is 0 Å². The number of piperazine rings is 1. The zero-order valence-electron chi connectivity index (χ0n) is 23.1. The summed E-state index contributed by atoms with van der Waals surface area (Å²) in [7, 11) is 4.39. The van der Waals surface area contributed by atoms with Gasteiger partial charge in [0.1, 0.15) is 5.92 Å². The second kappa shape index (κ2) is 13.4. The third kappa shape index (κ3) is 6.69. The molecule has 2 heterocycles. The second-order valence-corrected chi connectivity index (χ2v) is 10.7. The zero-order chi connectivity index (χ0) is 29.7. The normalized spacial score (nSPS) is 19.4. The van der Waals surface area contributed by atoms with Crippen molar-refractivity contribution in [1.29, 1.82) is 0 Å². The van der Waals surface area contributed by atoms with Crippen molar-refractivity contribution in [2.45, 2.75) is 18.8 Å². The van der Waals surface area contributed by atoms with Crippen molar-refractivity contribution in [2.24, 2.45) is 10.9 Å². The van der Waals surface area contributed by atoms with E-state index in [0.717, 1.165) is 0 Å². The first-order chi connectivity index (χ1) is 19.7. The highest BCUT2D eigenvalue weighted by Gasteiger charge is 2.46. The molecule has 1 amide bonds. The van der Waals surface area contributed by atoms with Gasteiger partial charge in [0.25, 0.3) is 0 Å². The fourth-order valence-corrected chi connectivity index (χ4v) is 5.83. The number of esters is 2. The van der Waals surface area contributed by atoms with E-state index in [1.807, 2.05) is 7.05 Å². The number of aliphatic imine (C=N–C) groups is 1. The van der Waals surface area contributed by atoms with Crippen LogP contribution >= 0.6 is 23.2 Å². The molecule has 2 aliphatic heterocycles. The van der Waals surface area contributed by atoms with Crippen molar-refractivity contribution in [2.75, 3.05) is 47.4 Å². The Kier molecular flexibility index (Phi) is 9.96. The summed E-state index contributed by atoms with van der Waals surface area (Å²) in [6.07, 6.45) is -0.507. The summed E-state index contributed by atoms with van der Waals surface area (Å²) in [5.74, 6) is -4.42. The third-order valence-electron chi connectivity index (χ3n) is 7.38. The van der Waals surface area contributed by atoms with E-state index >= 15 is 0 Å². The first-order valence-corrected chi connectivity index (χ1v) is 13.9. The second-order valence-electron chi connectivity index (χ2n) is 9.90. The van der Waals surface area contributed by atoms with Gasteiger partial charge >= 0.3 is 11.9 Å². The Hall–Kier alpha value is -3.53. The van der Waals surface area contributed by atoms with Crippen molar-refractivity contribution in [1.82, 2.24) is 9.80 Å². The molecule has 41 heavy (non-hydrogen) atoms. The van der Waals surface area contributed by atoms with Gasteiger partial charge in [-0.1, -0.05) is 59.6 Å². The Labute approximate surface area is 248 Å². The lowest BCUT2D eigenvalue weighted by atomic mass is 9.73. The predicted octanol–water partition coefficient (Wildman–Crippen LogP) is 4.19. The molecule has 0 aliphatic carbocycles. The lowest BCUT2D eigenvalue weighted by Crippen LogP contribution is -2.48. The van der Waals surface area contributed by atoms with Crippen molar-refractivity contribution >= 4 is 52.5 Å². The van der Waals surface area contributed by atoms with Gasteiger partial charge in [0.05, 0.1) is 38.3 Å². The van der Waals surface area contributed by atoms with Gasteiger partial charge in [0.2, 0.25) is 5.91 Å². The molecule has 0 bridgehead atoms. The number of rotatable bonds is 8. The summed E-state index contributed by atoms with van der Waals surface area (Å²) in [6.45, 7) is 2.46. The average molecular weight is 600 g/mol. The largest absolute Gasteiger partial charge is 0.468 e. The maximum Gasteiger partial charge on any atom is 0.336 e. The molecular weight excluding hydrogens is 569 g/mol. The molecular formula is C30H31Cl2N3O6. The van der Waals surface area contributed by atoms with Crippen LogP contribution in [0.25, 0.3) is 0 Å². The van der Waals surface area contributed by atoms with E-state index in [1.165, 1.54) is 14.2 Å². The van der Waals surface area contributed by atoms with Crippen LogP contribution < -0.4 is 0 Å². The SMILES string of the molecule is COC(=O)C1=C(CC(=O)c2ccccc2)N=C(CC(=O)N2CCN(C)CC2)C(C(=O)OC)C1c1c(Cl)cccc1Cl. The van der Waals surface area contributed by atoms with Gasteiger partial charge in [-0.3, -0.25) is 19.4 Å². The number of likely N-dealkylation sites (N-methyl/N-ethyl adjacent to an activating group) is 1. The van der Waals surface area contributed by atoms with Crippen molar-refractivity contribution < 1.29 is 28.7 Å². The molecule has 9 nitrogen and oxygen atoms in total. The molecule has 2 atom stereocenters. The summed E-state index contributed by atoms with van der Waals surface area (Å²) < 4.78 is 10.3. The molecule has 2 unspecified atom stereocenters. The first kappa shape index (κ1) is 30.4. The van der Waals surface area contributed by atoms with E-state index in [0.29, 0.717) is 31.7 Å². The van der Waals surface area contributed by atoms with Crippen LogP contribution in [0.4, 0.5) is 0 Å². The van der Waals surface area contributed by atoms with Crippen molar-refractivity contribution in [3.05, 3.63) is 81.0 Å². The number of ketones is 1. The molecule has 11 heteroatoms. The highest BCUT2D eigenvalue weighted by molar-refractivity contribution is 6.36. The van der Waals surface area contributed by atoms with E-state index < -0.39 is 23.8 Å². The van der Waals surface area contributed by atoms with Crippen molar-refractivity contribution in [3.63, 3.8) is 0 Å². The number of hydrogen-bond acceptors (Lipinski definition) is 8. The minimum atomic E-state index is -1.22. The van der Waals surface area contributed by atoms with E-state index in [2.05, 4.69) is 9.89 Å². The van der Waals surface area contributed by atoms with E-state index in [1.54, 1.807) is 53.4 Å². The van der Waals surface area contributed by atoms with Crippen LogP contribution in [0.1, 0.15) is 34.7 Å². The summed E-state index contributed by atoms with van der Waals surface area (Å²) in [6, 6.07) is 13.4. The quantitative estimate of drug-likeness (QED) is 0.331. The fraction of sp³-hybridized carbons (Fsp3) is 0.367. The van der Waals surface area contributed by atoms with Crippen LogP contribution in [0.15, 0.2) is 64.8 Å². The molecule has 1 saturated heterocycles. The van der Waals surface area contributed by atoms with Crippen LogP contribution in [-0.4, -0.2) is 86.6 Å². The van der Waals surface area contributed by atoms with E-state index in [9.17, 15) is 19.2 Å². The Balaban J connectivity index is 1.90. The molecule has 0 spiro atoms. The molecule has 2 aliphatic rings. The smallest absolute Gasteiger partial charge is 0.336 e. The number of hydrogen-bond donors (Lipinski definition) is 0. The Morgan fingerprint density at radius 2 is 1.51 bits per heavy atom. The Morgan fingerprint density at radius 1 is 0.878 bits per heavy atom. The van der Waals surface area contributed by atoms with Crippen LogP contribution in [0, 0.1) is 5.92 Å². The standard InChI is InChI=1S/C30H31Cl2N3O6/c1-34-12-14-35(15-13-34)24(37)17-22-27(30(39)41-3)28(25-19(31)10-7-11-20(25)32)26(29(38)40-2)21(33-22)16-23(36)18-8-5-4-6-9-18/h4-11,27-28H,12-17H2,1-3H3. The molecule has 0 aromatic heterocycles. The summed E-state index contributed by atoms with van der Waals surface area (Å²) >= 11 is 13.3. The molecule has 4 rings (SSSR count). The Bertz CT molecular complexity index is 1380. The number of halogens is 2. The fourth-order valence-electron chi connectivity index (χ4n) is 5.20. The number of allylic oxidation sites excluding steroid dienone is 1. The van der Waals surface area contributed by atoms with Gasteiger partial charge in [-0.15, -0.1) is 0 Å². The van der Waals surface area contributed by atoms with Gasteiger partial charge < -0.3 is 19.3 Å². The lowest BCUT2D eigenvalue weighted by Gasteiger charge is -2.35. The van der Waals surface area contributed by atoms with Gasteiger partial charge in [-0.2, -0.15) is 0 Å². The molecule has 0 saturated carbocycles. The summed E-state index contributed by atoms with van der Waals surface area (Å²) in [5.41, 5.74) is 0.879. The van der Waals surface area contributed by atoms with Gasteiger partial charge in [0, 0.05) is 53.4 Å². The average Bonchev–Trinajstić information content (AvgIpc) is 2.97. The third-order valence-corrected chi connectivity index (χ3v) is 8.04. The van der Waals surface area contributed by atoms with E-state index in [-0.39, 0.29) is 57.1 Å². The topological polar surface area (TPSA) is 106 Å². The highest BCUT2D eigenvalue weighted by atomic mass is 35.5. The minimum Gasteiger partial charge on any atom is -0.468 e. The molecule has 2 aromatic carbocycles. The number of methoxy groups -OCH3 is 2. The minimum absolute atomic E-state index is 0.0435. The van der Waals surface area contributed by atoms with Gasteiger partial charge in [0.15, 0.2) is 5.78 Å². The first-order valence-electron chi connectivity index (χ1n) is 13.1. The van der Waals surface area contributed by atoms with E-state index in [4.69, 9.17) is 32.7 Å². The maximum absolute atomic E-state index is 13.5. The summed E-state index contributed by atoms with van der Waals surface area (Å²) in [4.78, 5) is 62.1. The summed E-state index contributed by atoms with van der Waals surface area (Å²) in [5, 5.41) is 0.386. The number of benzene rings is 2. The molecule has 216 valence electrons. The molecule has 1 fully saturated rings. The number of ether oxygens (including phenoxy) is 2. The number of amides is 1. The van der Waals surface area contributed by atoms with Gasteiger partial charge in [-0.05, 0) is 24.7 Å². The zero-order valence-corrected chi connectivity index (χ0v) is 24.6. The lowest BCUT2D eigenvalue weighted by molar-refractivity contribution is -0.143. The molecule has 2 aromatic rings. The highest BCUT2D eigenvalue weighted by Crippen LogP contribution is 2.46. The molecule has 0 N–H and O–H groups in total. The van der Waals surface area contributed by atoms with Crippen LogP contribution in [0.5, 0.6) is 0 Å². The number of carbonyl (C=O) groups excluding carboxylic acids is 4.